The Morgan fingerprint density at radius 1 is 0.341 bits per heavy atom. The van der Waals surface area contributed by atoms with E-state index in [-0.39, 0.29) is 38.3 Å². The first-order valence-electron chi connectivity index (χ1n) is 16.3. The van der Waals surface area contributed by atoms with Crippen molar-refractivity contribution in [2.75, 3.05) is 0 Å². The van der Waals surface area contributed by atoms with Gasteiger partial charge in [0.25, 0.3) is 0 Å². The summed E-state index contributed by atoms with van der Waals surface area (Å²) in [6.07, 6.45) is 0. The molecule has 0 aliphatic heterocycles. The summed E-state index contributed by atoms with van der Waals surface area (Å²) in [5.74, 6) is 0.153. The molecule has 0 saturated carbocycles. The standard InChI is InChI=1S/C22H26O.C21H26/c1-20(2,3)22(21(4,5)6)17-13-9-7-11-15(17)19(23)16-12-8-10-14-18(16)22;1-19(2,3)21(20(4,5)6)17-13-9-7-11-15(17)16-12-8-10-14-18(16)21/h7-14H,1-6H3;7-14H,1-6H3. The molecule has 44 heavy (non-hydrogen) atoms. The second kappa shape index (κ2) is 10.3. The Labute approximate surface area is 267 Å². The minimum Gasteiger partial charge on any atom is -0.289 e. The molecule has 0 unspecified atom stereocenters. The highest BCUT2D eigenvalue weighted by atomic mass is 16.1. The fourth-order valence-corrected chi connectivity index (χ4v) is 10.0. The summed E-state index contributed by atoms with van der Waals surface area (Å²) >= 11 is 0. The molecule has 230 valence electrons. The van der Waals surface area contributed by atoms with Crippen LogP contribution in [-0.2, 0) is 10.8 Å². The molecule has 0 atom stereocenters. The highest BCUT2D eigenvalue weighted by molar-refractivity contribution is 6.13. The molecular weight excluding hydrogens is 532 g/mol. The van der Waals surface area contributed by atoms with E-state index >= 15 is 0 Å². The molecule has 2 aliphatic carbocycles. The first-order valence-corrected chi connectivity index (χ1v) is 16.3. The second-order valence-corrected chi connectivity index (χ2v) is 17.0. The van der Waals surface area contributed by atoms with Crippen LogP contribution in [0.4, 0.5) is 0 Å². The predicted molar refractivity (Wildman–Crippen MR) is 188 cm³/mol. The number of carbonyl (C=O) groups excluding carboxylic acids is 1. The van der Waals surface area contributed by atoms with Crippen molar-refractivity contribution in [1.82, 2.24) is 0 Å². The molecule has 0 saturated heterocycles. The molecular formula is C43H52O. The number of carbonyl (C=O) groups is 1. The zero-order chi connectivity index (χ0) is 32.5. The van der Waals surface area contributed by atoms with Crippen molar-refractivity contribution < 1.29 is 4.79 Å². The first kappa shape index (κ1) is 32.0. The van der Waals surface area contributed by atoms with Gasteiger partial charge in [-0.05, 0) is 55.0 Å². The van der Waals surface area contributed by atoms with E-state index in [9.17, 15) is 4.79 Å². The van der Waals surface area contributed by atoms with Gasteiger partial charge in [0.05, 0.1) is 0 Å². The topological polar surface area (TPSA) is 17.1 Å². The third-order valence-corrected chi connectivity index (χ3v) is 10.6. The van der Waals surface area contributed by atoms with Crippen LogP contribution in [0.1, 0.15) is 121 Å². The Bertz CT molecular complexity index is 1580. The summed E-state index contributed by atoms with van der Waals surface area (Å²) in [4.78, 5) is 13.0. The Balaban J connectivity index is 0.000000175. The lowest BCUT2D eigenvalue weighted by molar-refractivity contribution is 0.0809. The smallest absolute Gasteiger partial charge is 0.193 e. The summed E-state index contributed by atoms with van der Waals surface area (Å²) < 4.78 is 0. The summed E-state index contributed by atoms with van der Waals surface area (Å²) in [5, 5.41) is 0. The zero-order valence-corrected chi connectivity index (χ0v) is 29.1. The van der Waals surface area contributed by atoms with E-state index in [1.54, 1.807) is 0 Å². The van der Waals surface area contributed by atoms with Gasteiger partial charge in [-0.25, -0.2) is 0 Å². The molecule has 4 aromatic rings. The molecule has 1 nitrogen and oxygen atoms in total. The molecule has 0 amide bonds. The largest absolute Gasteiger partial charge is 0.289 e. The van der Waals surface area contributed by atoms with Crippen molar-refractivity contribution in [2.45, 2.75) is 93.9 Å². The van der Waals surface area contributed by atoms with E-state index in [2.05, 4.69) is 156 Å². The van der Waals surface area contributed by atoms with Gasteiger partial charge in [-0.1, -0.05) is 180 Å². The molecule has 0 N–H and O–H groups in total. The number of benzene rings is 4. The third-order valence-electron chi connectivity index (χ3n) is 10.6. The van der Waals surface area contributed by atoms with E-state index < -0.39 is 0 Å². The molecule has 0 fully saturated rings. The van der Waals surface area contributed by atoms with Crippen LogP contribution in [0, 0.1) is 21.7 Å². The van der Waals surface area contributed by atoms with E-state index in [1.165, 1.54) is 33.4 Å². The van der Waals surface area contributed by atoms with Crippen molar-refractivity contribution in [3.63, 3.8) is 0 Å². The van der Waals surface area contributed by atoms with Crippen LogP contribution in [0.3, 0.4) is 0 Å². The number of fused-ring (bicyclic) bond motifs is 5. The van der Waals surface area contributed by atoms with Crippen molar-refractivity contribution in [1.29, 1.82) is 0 Å². The lowest BCUT2D eigenvalue weighted by Gasteiger charge is -2.57. The number of rotatable bonds is 0. The number of hydrogen-bond acceptors (Lipinski definition) is 1. The maximum Gasteiger partial charge on any atom is 0.193 e. The van der Waals surface area contributed by atoms with Gasteiger partial charge in [0.15, 0.2) is 5.78 Å². The quantitative estimate of drug-likeness (QED) is 0.201. The number of ketones is 1. The van der Waals surface area contributed by atoms with Gasteiger partial charge in [0.1, 0.15) is 0 Å². The van der Waals surface area contributed by atoms with Crippen LogP contribution in [0.15, 0.2) is 97.1 Å². The minimum absolute atomic E-state index is 0.0296. The molecule has 0 bridgehead atoms. The first-order chi connectivity index (χ1) is 20.3. The molecule has 0 radical (unpaired) electrons. The average Bonchev–Trinajstić information content (AvgIpc) is 3.24. The van der Waals surface area contributed by atoms with Gasteiger partial charge >= 0.3 is 0 Å². The van der Waals surface area contributed by atoms with E-state index in [1.807, 2.05) is 24.3 Å². The lowest BCUT2D eigenvalue weighted by atomic mass is 9.45. The van der Waals surface area contributed by atoms with E-state index in [0.29, 0.717) is 0 Å². The minimum atomic E-state index is -0.221. The van der Waals surface area contributed by atoms with Crippen molar-refractivity contribution >= 4 is 5.78 Å². The fourth-order valence-electron chi connectivity index (χ4n) is 10.0. The van der Waals surface area contributed by atoms with Gasteiger partial charge in [-0.3, -0.25) is 4.79 Å². The molecule has 6 rings (SSSR count). The Hall–Kier alpha value is -3.45. The van der Waals surface area contributed by atoms with Gasteiger partial charge in [-0.15, -0.1) is 0 Å². The molecule has 1 heteroatoms. The highest BCUT2D eigenvalue weighted by Gasteiger charge is 2.58. The van der Waals surface area contributed by atoms with Crippen LogP contribution in [0.5, 0.6) is 0 Å². The monoisotopic (exact) mass is 584 g/mol. The van der Waals surface area contributed by atoms with Gasteiger partial charge < -0.3 is 0 Å². The van der Waals surface area contributed by atoms with Gasteiger partial charge in [0, 0.05) is 22.0 Å². The fraction of sp³-hybridized carbons (Fsp3) is 0.419. The molecule has 0 aromatic heterocycles. The maximum atomic E-state index is 13.0. The van der Waals surface area contributed by atoms with Gasteiger partial charge in [-0.2, -0.15) is 0 Å². The molecule has 0 spiro atoms. The Kier molecular flexibility index (Phi) is 7.48. The second-order valence-electron chi connectivity index (χ2n) is 17.0. The number of hydrogen-bond donors (Lipinski definition) is 0. The average molecular weight is 585 g/mol. The highest BCUT2D eigenvalue weighted by Crippen LogP contribution is 2.64. The molecule has 2 aliphatic rings. The summed E-state index contributed by atoms with van der Waals surface area (Å²) in [6, 6.07) is 34.3. The normalized spacial score (nSPS) is 16.6. The molecule has 0 heterocycles. The Morgan fingerprint density at radius 2 is 0.545 bits per heavy atom. The van der Waals surface area contributed by atoms with Crippen molar-refractivity contribution in [3.05, 3.63) is 130 Å². The van der Waals surface area contributed by atoms with E-state index in [4.69, 9.17) is 0 Å². The summed E-state index contributed by atoms with van der Waals surface area (Å²) in [6.45, 7) is 28.1. The van der Waals surface area contributed by atoms with E-state index in [0.717, 1.165) is 11.1 Å². The third kappa shape index (κ3) is 4.29. The van der Waals surface area contributed by atoms with Crippen LogP contribution < -0.4 is 0 Å². The summed E-state index contributed by atoms with van der Waals surface area (Å²) in [7, 11) is 0. The lowest BCUT2D eigenvalue weighted by Crippen LogP contribution is -2.54. The van der Waals surface area contributed by atoms with Gasteiger partial charge in [0.2, 0.25) is 0 Å². The zero-order valence-electron chi connectivity index (χ0n) is 29.1. The van der Waals surface area contributed by atoms with Crippen LogP contribution >= 0.6 is 0 Å². The van der Waals surface area contributed by atoms with Crippen LogP contribution in [0.25, 0.3) is 11.1 Å². The van der Waals surface area contributed by atoms with Crippen molar-refractivity contribution in [3.8, 4) is 11.1 Å². The van der Waals surface area contributed by atoms with Crippen molar-refractivity contribution in [2.24, 2.45) is 21.7 Å². The van der Waals surface area contributed by atoms with Crippen LogP contribution in [0.2, 0.25) is 0 Å². The van der Waals surface area contributed by atoms with Crippen LogP contribution in [-0.4, -0.2) is 5.78 Å². The summed E-state index contributed by atoms with van der Waals surface area (Å²) in [5.41, 5.74) is 9.92. The molecule has 4 aromatic carbocycles. The predicted octanol–water partition coefficient (Wildman–Crippen LogP) is 11.7. The Morgan fingerprint density at radius 3 is 0.795 bits per heavy atom. The SMILES string of the molecule is CC(C)(C)C1(C(C)(C)C)c2ccccc2-c2ccccc21.CC(C)(C)C1(C(C)(C)C)c2ccccc2C(=O)c2ccccc21. The maximum absolute atomic E-state index is 13.0.